The molecule has 0 atom stereocenters. The second-order valence-electron chi connectivity index (χ2n) is 2.93. The predicted molar refractivity (Wildman–Crippen MR) is 61.4 cm³/mol. The standard InChI is InChI=1S/C10H6Cl2N2O2/c11-6-1-3-7(4-2-6)16-8-5-13-14-10(15)9(8)12/h1-5H,(H,14,15). The van der Waals surface area contributed by atoms with Gasteiger partial charge in [0.25, 0.3) is 5.56 Å². The molecule has 1 aromatic carbocycles. The molecule has 0 amide bonds. The maximum absolute atomic E-state index is 11.1. The first-order valence-corrected chi connectivity index (χ1v) is 5.09. The lowest BCUT2D eigenvalue weighted by molar-refractivity contribution is 0.477. The normalized spacial score (nSPS) is 10.1. The summed E-state index contributed by atoms with van der Waals surface area (Å²) in [5.41, 5.74) is -0.492. The summed E-state index contributed by atoms with van der Waals surface area (Å²) in [6, 6.07) is 6.68. The van der Waals surface area contributed by atoms with Crippen molar-refractivity contribution < 1.29 is 4.74 Å². The first kappa shape index (κ1) is 11.0. The molecule has 0 aliphatic carbocycles. The molecule has 0 saturated carbocycles. The Bertz CT molecular complexity index is 551. The quantitative estimate of drug-likeness (QED) is 0.899. The molecule has 82 valence electrons. The molecular weight excluding hydrogens is 251 g/mol. The average molecular weight is 257 g/mol. The van der Waals surface area contributed by atoms with Gasteiger partial charge in [-0.05, 0) is 24.3 Å². The van der Waals surface area contributed by atoms with Crippen LogP contribution in [-0.2, 0) is 0 Å². The van der Waals surface area contributed by atoms with E-state index in [1.807, 2.05) is 0 Å². The van der Waals surface area contributed by atoms with Crippen molar-refractivity contribution >= 4 is 23.2 Å². The summed E-state index contributed by atoms with van der Waals surface area (Å²) in [7, 11) is 0. The molecule has 0 aliphatic rings. The third-order valence-corrected chi connectivity index (χ3v) is 2.41. The average Bonchev–Trinajstić information content (AvgIpc) is 2.28. The van der Waals surface area contributed by atoms with Crippen LogP contribution in [0.2, 0.25) is 10.0 Å². The molecule has 0 saturated heterocycles. The smallest absolute Gasteiger partial charge is 0.286 e. The highest BCUT2D eigenvalue weighted by Gasteiger charge is 2.06. The third kappa shape index (κ3) is 2.35. The third-order valence-electron chi connectivity index (χ3n) is 1.81. The Morgan fingerprint density at radius 2 is 1.88 bits per heavy atom. The number of nitrogens with one attached hydrogen (secondary N) is 1. The van der Waals surface area contributed by atoms with Gasteiger partial charge in [-0.1, -0.05) is 23.2 Å². The highest BCUT2D eigenvalue weighted by molar-refractivity contribution is 6.31. The van der Waals surface area contributed by atoms with E-state index in [4.69, 9.17) is 27.9 Å². The van der Waals surface area contributed by atoms with Gasteiger partial charge in [0.2, 0.25) is 0 Å². The molecule has 0 unspecified atom stereocenters. The molecule has 0 fully saturated rings. The van der Waals surface area contributed by atoms with E-state index in [9.17, 15) is 4.79 Å². The van der Waals surface area contributed by atoms with Crippen LogP contribution in [0.5, 0.6) is 11.5 Å². The van der Waals surface area contributed by atoms with E-state index in [-0.39, 0.29) is 10.8 Å². The largest absolute Gasteiger partial charge is 0.454 e. The molecule has 1 N–H and O–H groups in total. The van der Waals surface area contributed by atoms with Crippen molar-refractivity contribution in [2.45, 2.75) is 0 Å². The SMILES string of the molecule is O=c1[nH]ncc(Oc2ccc(Cl)cc2)c1Cl. The molecule has 1 aromatic heterocycles. The van der Waals surface area contributed by atoms with Gasteiger partial charge in [0.15, 0.2) is 10.8 Å². The zero-order chi connectivity index (χ0) is 11.5. The van der Waals surface area contributed by atoms with E-state index >= 15 is 0 Å². The van der Waals surface area contributed by atoms with Crippen LogP contribution in [0, 0.1) is 0 Å². The van der Waals surface area contributed by atoms with Crippen LogP contribution in [0.25, 0.3) is 0 Å². The number of hydrogen-bond acceptors (Lipinski definition) is 3. The lowest BCUT2D eigenvalue weighted by atomic mass is 10.3. The summed E-state index contributed by atoms with van der Waals surface area (Å²) >= 11 is 11.5. The van der Waals surface area contributed by atoms with Crippen LogP contribution in [0.15, 0.2) is 35.3 Å². The predicted octanol–water partition coefficient (Wildman–Crippen LogP) is 2.87. The van der Waals surface area contributed by atoms with E-state index in [2.05, 4.69) is 10.2 Å². The molecular formula is C10H6Cl2N2O2. The fourth-order valence-corrected chi connectivity index (χ4v) is 1.32. The van der Waals surface area contributed by atoms with E-state index in [0.717, 1.165) is 0 Å². The van der Waals surface area contributed by atoms with E-state index in [1.54, 1.807) is 24.3 Å². The van der Waals surface area contributed by atoms with Crippen LogP contribution < -0.4 is 10.3 Å². The number of ether oxygens (including phenoxy) is 1. The van der Waals surface area contributed by atoms with Crippen molar-refractivity contribution in [3.05, 3.63) is 50.9 Å². The number of rotatable bonds is 2. The Balaban J connectivity index is 2.30. The van der Waals surface area contributed by atoms with Crippen molar-refractivity contribution in [3.8, 4) is 11.5 Å². The lowest BCUT2D eigenvalue weighted by Gasteiger charge is -2.05. The second-order valence-corrected chi connectivity index (χ2v) is 3.75. The van der Waals surface area contributed by atoms with Gasteiger partial charge in [-0.15, -0.1) is 0 Å². The summed E-state index contributed by atoms with van der Waals surface area (Å²) in [6.45, 7) is 0. The van der Waals surface area contributed by atoms with Crippen molar-refractivity contribution in [2.24, 2.45) is 0 Å². The zero-order valence-corrected chi connectivity index (χ0v) is 9.42. The number of aromatic amines is 1. The molecule has 1 heterocycles. The minimum absolute atomic E-state index is 0.0371. The summed E-state index contributed by atoms with van der Waals surface area (Å²) in [5.74, 6) is 0.728. The molecule has 0 spiro atoms. The Morgan fingerprint density at radius 1 is 1.19 bits per heavy atom. The Labute approximate surface area is 101 Å². The molecule has 6 heteroatoms. The van der Waals surface area contributed by atoms with Crippen molar-refractivity contribution in [1.29, 1.82) is 0 Å². The van der Waals surface area contributed by atoms with Crippen molar-refractivity contribution in [2.75, 3.05) is 0 Å². The number of H-pyrrole nitrogens is 1. The summed E-state index contributed by atoms with van der Waals surface area (Å²) < 4.78 is 5.37. The molecule has 2 rings (SSSR count). The van der Waals surface area contributed by atoms with E-state index in [0.29, 0.717) is 10.8 Å². The van der Waals surface area contributed by atoms with Gasteiger partial charge in [0.05, 0.1) is 6.20 Å². The first-order chi connectivity index (χ1) is 7.66. The molecule has 16 heavy (non-hydrogen) atoms. The van der Waals surface area contributed by atoms with E-state index < -0.39 is 5.56 Å². The highest BCUT2D eigenvalue weighted by Crippen LogP contribution is 2.26. The van der Waals surface area contributed by atoms with Crippen LogP contribution in [0.4, 0.5) is 0 Å². The van der Waals surface area contributed by atoms with Gasteiger partial charge < -0.3 is 4.74 Å². The lowest BCUT2D eigenvalue weighted by Crippen LogP contribution is -2.08. The van der Waals surface area contributed by atoms with Gasteiger partial charge in [-0.25, -0.2) is 5.10 Å². The minimum atomic E-state index is -0.492. The maximum atomic E-state index is 11.1. The van der Waals surface area contributed by atoms with Crippen LogP contribution in [0.3, 0.4) is 0 Å². The fourth-order valence-electron chi connectivity index (χ4n) is 1.07. The highest BCUT2D eigenvalue weighted by atomic mass is 35.5. The zero-order valence-electron chi connectivity index (χ0n) is 7.91. The number of aromatic nitrogens is 2. The monoisotopic (exact) mass is 256 g/mol. The number of benzene rings is 1. The second kappa shape index (κ2) is 4.55. The van der Waals surface area contributed by atoms with Crippen LogP contribution >= 0.6 is 23.2 Å². The Hall–Kier alpha value is -1.52. The van der Waals surface area contributed by atoms with Gasteiger partial charge in [-0.2, -0.15) is 5.10 Å². The summed E-state index contributed by atoms with van der Waals surface area (Å²) in [5, 5.41) is 6.34. The summed E-state index contributed by atoms with van der Waals surface area (Å²) in [6.07, 6.45) is 1.33. The Morgan fingerprint density at radius 3 is 2.56 bits per heavy atom. The van der Waals surface area contributed by atoms with Crippen LogP contribution in [0.1, 0.15) is 0 Å². The number of nitrogens with zero attached hydrogens (tertiary/aromatic N) is 1. The summed E-state index contributed by atoms with van der Waals surface area (Å²) in [4.78, 5) is 11.1. The number of hydrogen-bond donors (Lipinski definition) is 1. The minimum Gasteiger partial charge on any atom is -0.454 e. The molecule has 0 aliphatic heterocycles. The molecule has 0 radical (unpaired) electrons. The molecule has 0 bridgehead atoms. The number of halogens is 2. The Kier molecular flexibility index (Phi) is 3.12. The molecule has 4 nitrogen and oxygen atoms in total. The van der Waals surface area contributed by atoms with Crippen LogP contribution in [-0.4, -0.2) is 10.2 Å². The molecule has 2 aromatic rings. The van der Waals surface area contributed by atoms with Crippen molar-refractivity contribution in [1.82, 2.24) is 10.2 Å². The maximum Gasteiger partial charge on any atom is 0.286 e. The first-order valence-electron chi connectivity index (χ1n) is 4.33. The topological polar surface area (TPSA) is 55.0 Å². The van der Waals surface area contributed by atoms with E-state index in [1.165, 1.54) is 6.20 Å². The van der Waals surface area contributed by atoms with Gasteiger partial charge in [-0.3, -0.25) is 4.79 Å². The fraction of sp³-hybridized carbons (Fsp3) is 0. The van der Waals surface area contributed by atoms with Gasteiger partial charge in [0.1, 0.15) is 5.75 Å². The van der Waals surface area contributed by atoms with Gasteiger partial charge >= 0.3 is 0 Å². The van der Waals surface area contributed by atoms with Gasteiger partial charge in [0, 0.05) is 5.02 Å². The van der Waals surface area contributed by atoms with Crippen molar-refractivity contribution in [3.63, 3.8) is 0 Å².